The SMILES string of the molecule is CC(C)(C)c1ccc(C2c3cc(N4c5ccccc5Oc5ccccc54)cc4c3B(c3cc(C(C)(C)C)ccc3N4c3ccc(C(C)(C)C)cc3)c3sc4cc5c(cc4c32)C(C)(C)CCC5(C)C)cc1. The zero-order valence-electron chi connectivity index (χ0n) is 43.6. The van der Waals surface area contributed by atoms with Gasteiger partial charge in [0.15, 0.2) is 11.5 Å². The minimum absolute atomic E-state index is 0.0236. The minimum Gasteiger partial charge on any atom is -0.453 e. The summed E-state index contributed by atoms with van der Waals surface area (Å²) in [4.78, 5) is 5.06. The molecule has 70 heavy (non-hydrogen) atoms. The molecule has 0 saturated carbocycles. The third-order valence-electron chi connectivity index (χ3n) is 16.5. The quantitative estimate of drug-likeness (QED) is 0.164. The molecule has 4 aliphatic rings. The van der Waals surface area contributed by atoms with Crippen molar-refractivity contribution in [1.29, 1.82) is 0 Å². The van der Waals surface area contributed by atoms with Crippen molar-refractivity contribution in [2.24, 2.45) is 0 Å². The maximum Gasteiger partial charge on any atom is 0.259 e. The van der Waals surface area contributed by atoms with Crippen LogP contribution in [0.2, 0.25) is 0 Å². The highest BCUT2D eigenvalue weighted by Crippen LogP contribution is 2.55. The number of hydrogen-bond donors (Lipinski definition) is 0. The number of para-hydroxylation sites is 4. The molecule has 12 rings (SSSR count). The van der Waals surface area contributed by atoms with E-state index in [4.69, 9.17) is 4.74 Å². The molecule has 1 unspecified atom stereocenters. The van der Waals surface area contributed by atoms with Crippen LogP contribution in [0.25, 0.3) is 10.1 Å². The highest BCUT2D eigenvalue weighted by Gasteiger charge is 2.48. The second-order valence-electron chi connectivity index (χ2n) is 25.3. The second-order valence-corrected chi connectivity index (χ2v) is 26.4. The maximum absolute atomic E-state index is 6.68. The zero-order valence-corrected chi connectivity index (χ0v) is 44.4. The summed E-state index contributed by atoms with van der Waals surface area (Å²) in [7, 11) is 0. The fourth-order valence-electron chi connectivity index (χ4n) is 12.3. The van der Waals surface area contributed by atoms with Gasteiger partial charge in [-0.15, -0.1) is 11.3 Å². The number of rotatable bonds is 3. The van der Waals surface area contributed by atoms with Crippen LogP contribution in [0.5, 0.6) is 11.5 Å². The van der Waals surface area contributed by atoms with E-state index in [1.165, 1.54) is 100 Å². The van der Waals surface area contributed by atoms with Crippen molar-refractivity contribution in [3.05, 3.63) is 184 Å². The Bertz CT molecular complexity index is 3380. The second kappa shape index (κ2) is 15.2. The number of thiophene rings is 1. The van der Waals surface area contributed by atoms with Gasteiger partial charge >= 0.3 is 0 Å². The summed E-state index contributed by atoms with van der Waals surface area (Å²) >= 11 is 2.06. The van der Waals surface area contributed by atoms with Crippen LogP contribution >= 0.6 is 11.3 Å². The van der Waals surface area contributed by atoms with Crippen LogP contribution in [0.1, 0.15) is 153 Å². The topological polar surface area (TPSA) is 15.7 Å². The van der Waals surface area contributed by atoms with Crippen LogP contribution in [0.4, 0.5) is 34.1 Å². The predicted octanol–water partition coefficient (Wildman–Crippen LogP) is 16.5. The van der Waals surface area contributed by atoms with Gasteiger partial charge in [-0.3, -0.25) is 0 Å². The molecule has 0 N–H and O–H groups in total. The molecule has 3 aliphatic heterocycles. The molecule has 0 spiro atoms. The van der Waals surface area contributed by atoms with Gasteiger partial charge in [0, 0.05) is 33.4 Å². The Labute approximate surface area is 421 Å². The first-order valence-corrected chi connectivity index (χ1v) is 26.5. The molecule has 0 bridgehead atoms. The van der Waals surface area contributed by atoms with Crippen molar-refractivity contribution in [3.63, 3.8) is 0 Å². The Hall–Kier alpha value is -6.04. The van der Waals surface area contributed by atoms with Gasteiger partial charge in [-0.25, -0.2) is 0 Å². The fourth-order valence-corrected chi connectivity index (χ4v) is 13.7. The Kier molecular flexibility index (Phi) is 9.82. The first kappa shape index (κ1) is 45.1. The largest absolute Gasteiger partial charge is 0.453 e. The Balaban J connectivity index is 1.23. The Morgan fingerprint density at radius 1 is 0.529 bits per heavy atom. The van der Waals surface area contributed by atoms with Crippen molar-refractivity contribution in [1.82, 2.24) is 0 Å². The molecule has 5 heteroatoms. The van der Waals surface area contributed by atoms with Crippen molar-refractivity contribution in [2.75, 3.05) is 9.80 Å². The van der Waals surface area contributed by atoms with Gasteiger partial charge in [-0.05, 0) is 172 Å². The van der Waals surface area contributed by atoms with E-state index >= 15 is 0 Å². The van der Waals surface area contributed by atoms with Gasteiger partial charge in [0.05, 0.1) is 11.4 Å². The van der Waals surface area contributed by atoms with Crippen LogP contribution in [-0.4, -0.2) is 6.71 Å². The molecule has 0 saturated heterocycles. The average molecular weight is 935 g/mol. The smallest absolute Gasteiger partial charge is 0.259 e. The molecule has 1 atom stereocenters. The van der Waals surface area contributed by atoms with E-state index in [1.807, 2.05) is 0 Å². The molecule has 1 aromatic heterocycles. The molecular formula is C65H67BN2OS. The monoisotopic (exact) mass is 935 g/mol. The molecule has 0 radical (unpaired) electrons. The van der Waals surface area contributed by atoms with E-state index in [1.54, 1.807) is 0 Å². The lowest BCUT2D eigenvalue weighted by molar-refractivity contribution is 0.332. The van der Waals surface area contributed by atoms with E-state index in [9.17, 15) is 0 Å². The van der Waals surface area contributed by atoms with E-state index < -0.39 is 0 Å². The summed E-state index contributed by atoms with van der Waals surface area (Å²) in [5.74, 6) is 1.69. The molecular weight excluding hydrogens is 868 g/mol. The summed E-state index contributed by atoms with van der Waals surface area (Å²) in [5.41, 5.74) is 21.1. The van der Waals surface area contributed by atoms with E-state index in [0.29, 0.717) is 0 Å². The van der Waals surface area contributed by atoms with E-state index in [-0.39, 0.29) is 39.7 Å². The maximum atomic E-state index is 6.68. The zero-order chi connectivity index (χ0) is 49.0. The number of nitrogens with zero attached hydrogens (tertiary/aromatic N) is 2. The fraction of sp³-hybridized carbons (Fsp3) is 0.323. The molecule has 0 amide bonds. The Morgan fingerprint density at radius 2 is 1.06 bits per heavy atom. The minimum atomic E-state index is -0.0382. The third-order valence-corrected chi connectivity index (χ3v) is 17.8. The summed E-state index contributed by atoms with van der Waals surface area (Å²) in [6.07, 6.45) is 2.37. The molecule has 3 nitrogen and oxygen atoms in total. The number of benzene rings is 7. The number of anilines is 6. The van der Waals surface area contributed by atoms with Crippen LogP contribution in [0.3, 0.4) is 0 Å². The summed E-state index contributed by atoms with van der Waals surface area (Å²) < 4.78 is 9.57. The summed E-state index contributed by atoms with van der Waals surface area (Å²) in [6.45, 7) is 30.9. The molecule has 8 aromatic rings. The van der Waals surface area contributed by atoms with Crippen LogP contribution in [0.15, 0.2) is 140 Å². The van der Waals surface area contributed by atoms with Gasteiger partial charge in [-0.2, -0.15) is 0 Å². The highest BCUT2D eigenvalue weighted by atomic mass is 32.1. The summed E-state index contributed by atoms with van der Waals surface area (Å²) in [5, 5.41) is 1.42. The Morgan fingerprint density at radius 3 is 1.64 bits per heavy atom. The lowest BCUT2D eigenvalue weighted by Crippen LogP contribution is -2.61. The van der Waals surface area contributed by atoms with Crippen LogP contribution in [0, 0.1) is 0 Å². The lowest BCUT2D eigenvalue weighted by Gasteiger charge is -2.44. The summed E-state index contributed by atoms with van der Waals surface area (Å²) in [6, 6.07) is 54.0. The van der Waals surface area contributed by atoms with Gasteiger partial charge in [0.25, 0.3) is 6.71 Å². The first-order valence-electron chi connectivity index (χ1n) is 25.7. The third kappa shape index (κ3) is 6.96. The van der Waals surface area contributed by atoms with E-state index in [2.05, 4.69) is 251 Å². The molecule has 7 aromatic carbocycles. The van der Waals surface area contributed by atoms with Gasteiger partial charge in [0.2, 0.25) is 0 Å². The standard InChI is InChI=1S/C65H67BN2OS/c1-61(2,3)40-24-22-39(23-25-40)57-46-35-44(68-51-18-14-16-20-54(51)69-55-21-17-15-19-52(55)68)36-53-59(46)66(60-58(57)45-37-47-48(38-56(45)70-60)65(12,13)33-32-64(47,10)11)49-34-42(63(7,8)9)28-31-50(49)67(53)43-29-26-41(27-30-43)62(4,5)6/h14-31,34-38,57H,32-33H2,1-13H3. The highest BCUT2D eigenvalue weighted by molar-refractivity contribution is 7.32. The van der Waals surface area contributed by atoms with Gasteiger partial charge in [0.1, 0.15) is 0 Å². The van der Waals surface area contributed by atoms with E-state index in [0.717, 1.165) is 28.6 Å². The van der Waals surface area contributed by atoms with Crippen molar-refractivity contribution >= 4 is 78.0 Å². The molecule has 352 valence electrons. The normalized spacial score (nSPS) is 17.5. The van der Waals surface area contributed by atoms with Crippen LogP contribution < -0.4 is 30.2 Å². The molecule has 4 heterocycles. The number of fused-ring (bicyclic) bond motifs is 9. The van der Waals surface area contributed by atoms with Crippen molar-refractivity contribution in [2.45, 2.75) is 136 Å². The number of ether oxygens (including phenoxy) is 1. The molecule has 0 fully saturated rings. The van der Waals surface area contributed by atoms with Crippen molar-refractivity contribution in [3.8, 4) is 11.5 Å². The average Bonchev–Trinajstić information content (AvgIpc) is 3.69. The van der Waals surface area contributed by atoms with Crippen molar-refractivity contribution < 1.29 is 4.74 Å². The molecule has 1 aliphatic carbocycles. The lowest BCUT2D eigenvalue weighted by atomic mass is 9.33. The predicted molar refractivity (Wildman–Crippen MR) is 301 cm³/mol. The first-order chi connectivity index (χ1) is 33.1. The van der Waals surface area contributed by atoms with Crippen LogP contribution in [-0.2, 0) is 27.1 Å². The van der Waals surface area contributed by atoms with Gasteiger partial charge < -0.3 is 14.5 Å². The number of hydrogen-bond acceptors (Lipinski definition) is 4. The van der Waals surface area contributed by atoms with Gasteiger partial charge in [-0.1, -0.05) is 163 Å².